The summed E-state index contributed by atoms with van der Waals surface area (Å²) in [5, 5.41) is 5.01. The predicted octanol–water partition coefficient (Wildman–Crippen LogP) is 2.80. The van der Waals surface area contributed by atoms with Crippen LogP contribution in [0.25, 0.3) is 21.5 Å². The Bertz CT molecular complexity index is 648. The van der Waals surface area contributed by atoms with Gasteiger partial charge >= 0.3 is 0 Å². The van der Waals surface area contributed by atoms with E-state index in [2.05, 4.69) is 20.3 Å². The van der Waals surface area contributed by atoms with Gasteiger partial charge in [0.15, 0.2) is 0 Å². The third kappa shape index (κ3) is 1.74. The summed E-state index contributed by atoms with van der Waals surface area (Å²) in [5.74, 6) is 0.634. The normalized spacial score (nSPS) is 10.6. The molecule has 17 heavy (non-hydrogen) atoms. The predicted molar refractivity (Wildman–Crippen MR) is 70.2 cm³/mol. The topological polar surface area (TPSA) is 50.7 Å². The Hall–Kier alpha value is -2.01. The van der Waals surface area contributed by atoms with Crippen molar-refractivity contribution in [2.75, 3.05) is 12.4 Å². The van der Waals surface area contributed by atoms with E-state index in [1.165, 1.54) is 0 Å². The van der Waals surface area contributed by atoms with Gasteiger partial charge in [0.1, 0.15) is 0 Å². The minimum atomic E-state index is 0.634. The number of hydrogen-bond donors (Lipinski definition) is 1. The lowest BCUT2D eigenvalue weighted by molar-refractivity contribution is 1.20. The highest BCUT2D eigenvalue weighted by molar-refractivity contribution is 7.17. The third-order valence-corrected chi connectivity index (χ3v) is 3.37. The first-order valence-corrected chi connectivity index (χ1v) is 6.10. The summed E-state index contributed by atoms with van der Waals surface area (Å²) in [6, 6.07) is 5.92. The van der Waals surface area contributed by atoms with Gasteiger partial charge in [-0.1, -0.05) is 0 Å². The number of rotatable bonds is 2. The number of nitrogens with zero attached hydrogens (tertiary/aromatic N) is 3. The molecule has 0 radical (unpaired) electrons. The van der Waals surface area contributed by atoms with Gasteiger partial charge in [0, 0.05) is 25.0 Å². The minimum absolute atomic E-state index is 0.634. The molecule has 0 fully saturated rings. The second-order valence-electron chi connectivity index (χ2n) is 3.52. The first kappa shape index (κ1) is 10.2. The molecule has 0 atom stereocenters. The van der Waals surface area contributed by atoms with Crippen molar-refractivity contribution < 1.29 is 0 Å². The molecule has 3 heterocycles. The van der Waals surface area contributed by atoms with Crippen LogP contribution in [-0.4, -0.2) is 22.0 Å². The molecule has 0 aliphatic heterocycles. The van der Waals surface area contributed by atoms with Crippen LogP contribution in [0.4, 0.5) is 5.95 Å². The maximum absolute atomic E-state index is 4.51. The van der Waals surface area contributed by atoms with E-state index in [-0.39, 0.29) is 0 Å². The van der Waals surface area contributed by atoms with E-state index in [1.54, 1.807) is 17.5 Å². The number of nitrogens with one attached hydrogen (secondary N) is 1. The highest BCUT2D eigenvalue weighted by Crippen LogP contribution is 2.30. The van der Waals surface area contributed by atoms with Crippen LogP contribution < -0.4 is 5.32 Å². The molecule has 0 saturated heterocycles. The Morgan fingerprint density at radius 2 is 2.18 bits per heavy atom. The van der Waals surface area contributed by atoms with E-state index >= 15 is 0 Å². The first-order chi connectivity index (χ1) is 8.38. The summed E-state index contributed by atoms with van der Waals surface area (Å²) in [7, 11) is 1.82. The Kier molecular flexibility index (Phi) is 2.45. The standard InChI is InChI=1S/C12H10N4S/c1-13-12-15-9-4-6-17-11(9)10(16-12)8-3-2-5-14-7-8/h2-7H,1H3,(H,13,15,16). The van der Waals surface area contributed by atoms with Crippen molar-refractivity contribution in [1.29, 1.82) is 0 Å². The molecule has 3 aromatic rings. The molecular weight excluding hydrogens is 232 g/mol. The summed E-state index contributed by atoms with van der Waals surface area (Å²) < 4.78 is 1.09. The number of pyridine rings is 1. The van der Waals surface area contributed by atoms with Crippen molar-refractivity contribution >= 4 is 27.5 Å². The van der Waals surface area contributed by atoms with Gasteiger partial charge in [-0.2, -0.15) is 0 Å². The Morgan fingerprint density at radius 1 is 1.24 bits per heavy atom. The average Bonchev–Trinajstić information content (AvgIpc) is 2.86. The molecule has 0 saturated carbocycles. The smallest absolute Gasteiger partial charge is 0.223 e. The molecule has 0 aliphatic rings. The van der Waals surface area contributed by atoms with Crippen molar-refractivity contribution in [3.8, 4) is 11.3 Å². The van der Waals surface area contributed by atoms with Crippen LogP contribution >= 0.6 is 11.3 Å². The van der Waals surface area contributed by atoms with Gasteiger partial charge in [-0.3, -0.25) is 4.98 Å². The molecule has 3 rings (SSSR count). The molecule has 5 heteroatoms. The summed E-state index contributed by atoms with van der Waals surface area (Å²) in [4.78, 5) is 13.0. The Morgan fingerprint density at radius 3 is 2.94 bits per heavy atom. The highest BCUT2D eigenvalue weighted by atomic mass is 32.1. The van der Waals surface area contributed by atoms with E-state index < -0.39 is 0 Å². The fourth-order valence-corrected chi connectivity index (χ4v) is 2.52. The van der Waals surface area contributed by atoms with Crippen molar-refractivity contribution in [1.82, 2.24) is 15.0 Å². The number of hydrogen-bond acceptors (Lipinski definition) is 5. The van der Waals surface area contributed by atoms with Crippen molar-refractivity contribution in [3.63, 3.8) is 0 Å². The Labute approximate surface area is 102 Å². The van der Waals surface area contributed by atoms with Crippen molar-refractivity contribution in [3.05, 3.63) is 36.0 Å². The fourth-order valence-electron chi connectivity index (χ4n) is 1.67. The minimum Gasteiger partial charge on any atom is -0.357 e. The van der Waals surface area contributed by atoms with E-state index in [9.17, 15) is 0 Å². The van der Waals surface area contributed by atoms with Gasteiger partial charge in [-0.25, -0.2) is 9.97 Å². The molecule has 1 N–H and O–H groups in total. The van der Waals surface area contributed by atoms with Crippen LogP contribution in [0.5, 0.6) is 0 Å². The number of thiophene rings is 1. The monoisotopic (exact) mass is 242 g/mol. The second kappa shape index (κ2) is 4.10. The number of fused-ring (bicyclic) bond motifs is 1. The van der Waals surface area contributed by atoms with Crippen LogP contribution in [-0.2, 0) is 0 Å². The van der Waals surface area contributed by atoms with Crippen LogP contribution in [0, 0.1) is 0 Å². The van der Waals surface area contributed by atoms with Crippen LogP contribution in [0.3, 0.4) is 0 Å². The van der Waals surface area contributed by atoms with E-state index in [4.69, 9.17) is 0 Å². The maximum Gasteiger partial charge on any atom is 0.223 e. The van der Waals surface area contributed by atoms with Crippen LogP contribution in [0.15, 0.2) is 36.0 Å². The molecule has 4 nitrogen and oxygen atoms in total. The lowest BCUT2D eigenvalue weighted by atomic mass is 10.2. The van der Waals surface area contributed by atoms with Gasteiger partial charge in [-0.05, 0) is 23.6 Å². The molecule has 84 valence electrons. The maximum atomic E-state index is 4.51. The van der Waals surface area contributed by atoms with Crippen LogP contribution in [0.1, 0.15) is 0 Å². The Balaban J connectivity index is 2.30. The van der Waals surface area contributed by atoms with Gasteiger partial charge in [0.25, 0.3) is 0 Å². The molecule has 0 aromatic carbocycles. The number of aromatic nitrogens is 3. The van der Waals surface area contributed by atoms with Crippen molar-refractivity contribution in [2.24, 2.45) is 0 Å². The second-order valence-corrected chi connectivity index (χ2v) is 4.44. The fraction of sp³-hybridized carbons (Fsp3) is 0.0833. The first-order valence-electron chi connectivity index (χ1n) is 5.22. The average molecular weight is 242 g/mol. The molecule has 0 aliphatic carbocycles. The molecule has 0 amide bonds. The van der Waals surface area contributed by atoms with Crippen LogP contribution in [0.2, 0.25) is 0 Å². The lowest BCUT2D eigenvalue weighted by Crippen LogP contribution is -1.97. The molecule has 0 unspecified atom stereocenters. The number of anilines is 1. The summed E-state index contributed by atoms with van der Waals surface area (Å²) in [5.41, 5.74) is 2.91. The third-order valence-electron chi connectivity index (χ3n) is 2.46. The SMILES string of the molecule is CNc1nc(-c2cccnc2)c2sccc2n1. The molecule has 0 spiro atoms. The molecule has 3 aromatic heterocycles. The zero-order chi connectivity index (χ0) is 11.7. The van der Waals surface area contributed by atoms with Gasteiger partial charge in [0.2, 0.25) is 5.95 Å². The highest BCUT2D eigenvalue weighted by Gasteiger charge is 2.10. The van der Waals surface area contributed by atoms with Crippen molar-refractivity contribution in [2.45, 2.75) is 0 Å². The molecular formula is C12H10N4S. The quantitative estimate of drug-likeness (QED) is 0.750. The van der Waals surface area contributed by atoms with E-state index in [1.807, 2.05) is 36.8 Å². The van der Waals surface area contributed by atoms with E-state index in [0.717, 1.165) is 21.5 Å². The van der Waals surface area contributed by atoms with Gasteiger partial charge in [-0.15, -0.1) is 11.3 Å². The zero-order valence-electron chi connectivity index (χ0n) is 9.21. The summed E-state index contributed by atoms with van der Waals surface area (Å²) in [6.07, 6.45) is 3.58. The summed E-state index contributed by atoms with van der Waals surface area (Å²) >= 11 is 1.65. The largest absolute Gasteiger partial charge is 0.357 e. The van der Waals surface area contributed by atoms with Gasteiger partial charge in [0.05, 0.1) is 15.9 Å². The zero-order valence-corrected chi connectivity index (χ0v) is 10.0. The lowest BCUT2D eigenvalue weighted by Gasteiger charge is -2.04. The van der Waals surface area contributed by atoms with E-state index in [0.29, 0.717) is 5.95 Å². The summed E-state index contributed by atoms with van der Waals surface area (Å²) in [6.45, 7) is 0. The molecule has 0 bridgehead atoms. The van der Waals surface area contributed by atoms with Gasteiger partial charge < -0.3 is 5.32 Å².